The molecule has 1 N–H and O–H groups in total. The van der Waals surface area contributed by atoms with Gasteiger partial charge in [0.25, 0.3) is 0 Å². The molecule has 0 saturated heterocycles. The quantitative estimate of drug-likeness (QED) is 0.424. The lowest BCUT2D eigenvalue weighted by molar-refractivity contribution is 0.112. The zero-order chi connectivity index (χ0) is 24.6. The second-order valence-electron chi connectivity index (χ2n) is 10.8. The van der Waals surface area contributed by atoms with E-state index in [-0.39, 0.29) is 10.8 Å². The van der Waals surface area contributed by atoms with E-state index in [4.69, 9.17) is 9.15 Å². The molecule has 1 heterocycles. The zero-order valence-corrected chi connectivity index (χ0v) is 21.0. The molecule has 3 aromatic rings. The van der Waals surface area contributed by atoms with Gasteiger partial charge >= 0.3 is 0 Å². The Balaban J connectivity index is 1.81. The van der Waals surface area contributed by atoms with Crippen molar-refractivity contribution in [3.05, 3.63) is 64.0 Å². The lowest BCUT2D eigenvalue weighted by atomic mass is 9.78. The van der Waals surface area contributed by atoms with E-state index in [2.05, 4.69) is 46.5 Å². The van der Waals surface area contributed by atoms with E-state index < -0.39 is 0 Å². The van der Waals surface area contributed by atoms with E-state index in [9.17, 15) is 9.90 Å². The molecular weight excluding hydrogens is 414 g/mol. The molecule has 0 aliphatic carbocycles. The van der Waals surface area contributed by atoms with Crippen LogP contribution < -0.4 is 4.74 Å². The van der Waals surface area contributed by atoms with Crippen LogP contribution >= 0.6 is 0 Å². The first kappa shape index (κ1) is 24.6. The fourth-order valence-corrected chi connectivity index (χ4v) is 3.93. The van der Waals surface area contributed by atoms with Gasteiger partial charge in [0.2, 0.25) is 5.89 Å². The third kappa shape index (κ3) is 5.47. The van der Waals surface area contributed by atoms with Gasteiger partial charge in [-0.2, -0.15) is 0 Å². The van der Waals surface area contributed by atoms with Gasteiger partial charge in [-0.25, -0.2) is 4.98 Å². The maximum Gasteiger partial charge on any atom is 0.226 e. The van der Waals surface area contributed by atoms with Crippen LogP contribution in [0.2, 0.25) is 0 Å². The van der Waals surface area contributed by atoms with Crippen molar-refractivity contribution in [2.24, 2.45) is 0 Å². The summed E-state index contributed by atoms with van der Waals surface area (Å²) in [5.74, 6) is 1.61. The number of aromatic hydroxyl groups is 1. The van der Waals surface area contributed by atoms with Gasteiger partial charge in [-0.15, -0.1) is 0 Å². The molecule has 0 spiro atoms. The molecule has 0 bridgehead atoms. The first-order valence-electron chi connectivity index (χ1n) is 11.3. The first-order valence-corrected chi connectivity index (χ1v) is 11.3. The predicted molar refractivity (Wildman–Crippen MR) is 132 cm³/mol. The summed E-state index contributed by atoms with van der Waals surface area (Å²) in [6.07, 6.45) is 3.13. The highest BCUT2D eigenvalue weighted by Crippen LogP contribution is 2.41. The summed E-state index contributed by atoms with van der Waals surface area (Å²) in [5.41, 5.74) is 5.46. The number of oxazole rings is 1. The average molecular weight is 450 g/mol. The molecule has 0 saturated carbocycles. The molecular formula is C28H35NO4. The summed E-state index contributed by atoms with van der Waals surface area (Å²) in [6, 6.07) is 7.70. The number of phenolic OH excluding ortho intramolecular Hbond substituents is 1. The number of ether oxygens (including phenoxy) is 1. The maximum absolute atomic E-state index is 11.2. The summed E-state index contributed by atoms with van der Waals surface area (Å²) in [6.45, 7) is 16.8. The van der Waals surface area contributed by atoms with Crippen molar-refractivity contribution < 1.29 is 19.1 Å². The fourth-order valence-electron chi connectivity index (χ4n) is 3.93. The lowest BCUT2D eigenvalue weighted by Crippen LogP contribution is -2.17. The number of hydrogen-bond donors (Lipinski definition) is 1. The smallest absolute Gasteiger partial charge is 0.226 e. The van der Waals surface area contributed by atoms with E-state index >= 15 is 0 Å². The van der Waals surface area contributed by atoms with Gasteiger partial charge in [0.15, 0.2) is 6.29 Å². The van der Waals surface area contributed by atoms with Gasteiger partial charge in [0.05, 0.1) is 12.3 Å². The number of benzene rings is 2. The Kier molecular flexibility index (Phi) is 6.73. The highest BCUT2D eigenvalue weighted by atomic mass is 16.5. The Bertz CT molecular complexity index is 1100. The minimum absolute atomic E-state index is 0.223. The Morgan fingerprint density at radius 1 is 0.970 bits per heavy atom. The molecule has 0 amide bonds. The standard InChI is InChI=1S/C28H35NO4/c1-17-11-21(12-18(2)22(17)15-30)32-10-9-20-16-33-26(29-20)19-13-23(27(3,4)5)25(31)24(14-19)28(6,7)8/h11-16,31H,9-10H2,1-8H3. The van der Waals surface area contributed by atoms with Crippen LogP contribution in [0.5, 0.6) is 11.5 Å². The minimum Gasteiger partial charge on any atom is -0.507 e. The van der Waals surface area contributed by atoms with Gasteiger partial charge in [-0.1, -0.05) is 41.5 Å². The molecule has 1 aromatic heterocycles. The first-order chi connectivity index (χ1) is 15.3. The van der Waals surface area contributed by atoms with E-state index in [0.717, 1.165) is 45.5 Å². The number of aryl methyl sites for hydroxylation is 2. The lowest BCUT2D eigenvalue weighted by Gasteiger charge is -2.27. The van der Waals surface area contributed by atoms with E-state index in [1.807, 2.05) is 38.1 Å². The molecule has 0 radical (unpaired) electrons. The molecule has 3 rings (SSSR count). The molecule has 5 heteroatoms. The highest BCUT2D eigenvalue weighted by Gasteiger charge is 2.27. The van der Waals surface area contributed by atoms with Gasteiger partial charge in [-0.3, -0.25) is 4.79 Å². The molecule has 176 valence electrons. The van der Waals surface area contributed by atoms with Crippen LogP contribution in [0.4, 0.5) is 0 Å². The van der Waals surface area contributed by atoms with Crippen LogP contribution in [0.25, 0.3) is 11.5 Å². The molecule has 2 aromatic carbocycles. The Morgan fingerprint density at radius 3 is 2.00 bits per heavy atom. The van der Waals surface area contributed by atoms with E-state index in [1.165, 1.54) is 0 Å². The molecule has 0 atom stereocenters. The van der Waals surface area contributed by atoms with Crippen LogP contribution in [0.1, 0.15) is 79.8 Å². The van der Waals surface area contributed by atoms with Gasteiger partial charge < -0.3 is 14.3 Å². The molecule has 33 heavy (non-hydrogen) atoms. The van der Waals surface area contributed by atoms with Crippen molar-refractivity contribution in [1.82, 2.24) is 4.98 Å². The zero-order valence-electron chi connectivity index (χ0n) is 21.0. The van der Waals surface area contributed by atoms with Crippen molar-refractivity contribution >= 4 is 6.29 Å². The summed E-state index contributed by atoms with van der Waals surface area (Å²) in [7, 11) is 0. The summed E-state index contributed by atoms with van der Waals surface area (Å²) in [4.78, 5) is 15.9. The van der Waals surface area contributed by atoms with Crippen molar-refractivity contribution in [3.8, 4) is 23.0 Å². The van der Waals surface area contributed by atoms with Crippen LogP contribution in [-0.2, 0) is 17.3 Å². The maximum atomic E-state index is 11.2. The van der Waals surface area contributed by atoms with Crippen molar-refractivity contribution in [2.45, 2.75) is 72.6 Å². The summed E-state index contributed by atoms with van der Waals surface area (Å²) >= 11 is 0. The monoisotopic (exact) mass is 449 g/mol. The number of aromatic nitrogens is 1. The van der Waals surface area contributed by atoms with Gasteiger partial charge in [0.1, 0.15) is 17.8 Å². The van der Waals surface area contributed by atoms with Gasteiger partial charge in [-0.05, 0) is 60.1 Å². The molecule has 0 aliphatic heterocycles. The van der Waals surface area contributed by atoms with Crippen LogP contribution in [0.3, 0.4) is 0 Å². The topological polar surface area (TPSA) is 72.6 Å². The van der Waals surface area contributed by atoms with Crippen LogP contribution in [0.15, 0.2) is 34.9 Å². The van der Waals surface area contributed by atoms with Crippen molar-refractivity contribution in [2.75, 3.05) is 6.61 Å². The minimum atomic E-state index is -0.223. The molecule has 5 nitrogen and oxygen atoms in total. The Hall–Kier alpha value is -3.08. The van der Waals surface area contributed by atoms with Crippen LogP contribution in [-0.4, -0.2) is 23.0 Å². The second-order valence-corrected chi connectivity index (χ2v) is 10.8. The van der Waals surface area contributed by atoms with Gasteiger partial charge in [0, 0.05) is 28.7 Å². The summed E-state index contributed by atoms with van der Waals surface area (Å²) in [5, 5.41) is 10.9. The Morgan fingerprint density at radius 2 is 1.52 bits per heavy atom. The second kappa shape index (κ2) is 9.05. The number of phenols is 1. The molecule has 0 aliphatic rings. The Labute approximate surface area is 196 Å². The predicted octanol–water partition coefficient (Wildman–Crippen LogP) is 6.69. The van der Waals surface area contributed by atoms with Crippen LogP contribution in [0, 0.1) is 13.8 Å². The average Bonchev–Trinajstić information content (AvgIpc) is 3.15. The highest BCUT2D eigenvalue weighted by molar-refractivity contribution is 5.80. The third-order valence-corrected chi connectivity index (χ3v) is 5.84. The third-order valence-electron chi connectivity index (χ3n) is 5.84. The summed E-state index contributed by atoms with van der Waals surface area (Å²) < 4.78 is 11.7. The number of carbonyl (C=O) groups excluding carboxylic acids is 1. The normalized spacial score (nSPS) is 12.1. The molecule has 0 fully saturated rings. The number of carbonyl (C=O) groups is 1. The number of rotatable bonds is 6. The number of hydrogen-bond acceptors (Lipinski definition) is 5. The fraction of sp³-hybridized carbons (Fsp3) is 0.429. The van der Waals surface area contributed by atoms with Crippen molar-refractivity contribution in [1.29, 1.82) is 0 Å². The largest absolute Gasteiger partial charge is 0.507 e. The SMILES string of the molecule is Cc1cc(OCCc2coc(-c3cc(C(C)(C)C)c(O)c(C(C)(C)C)c3)n2)cc(C)c1C=O. The molecule has 0 unspecified atom stereocenters. The van der Waals surface area contributed by atoms with Crippen molar-refractivity contribution in [3.63, 3.8) is 0 Å². The van der Waals surface area contributed by atoms with E-state index in [1.54, 1.807) is 6.26 Å². The number of nitrogens with zero attached hydrogens (tertiary/aromatic N) is 1. The number of aldehydes is 1. The van der Waals surface area contributed by atoms with E-state index in [0.29, 0.717) is 30.2 Å².